The second kappa shape index (κ2) is 8.50. The molecule has 0 radical (unpaired) electrons. The zero-order valence-corrected chi connectivity index (χ0v) is 15.6. The third-order valence-electron chi connectivity index (χ3n) is 3.16. The SMILES string of the molecule is NS(=O)(=O)c1ccc(NC(=O)COC(=O)Cc2ccc(Cl)c(Cl)c2)cc1. The van der Waals surface area contributed by atoms with Crippen LogP contribution in [0, 0.1) is 0 Å². The third kappa shape index (κ3) is 5.99. The highest BCUT2D eigenvalue weighted by Crippen LogP contribution is 2.22. The van der Waals surface area contributed by atoms with Gasteiger partial charge in [0.2, 0.25) is 10.0 Å². The average molecular weight is 417 g/mol. The lowest BCUT2D eigenvalue weighted by Crippen LogP contribution is -2.21. The van der Waals surface area contributed by atoms with Crippen LogP contribution < -0.4 is 10.5 Å². The molecule has 0 unspecified atom stereocenters. The normalized spacial score (nSPS) is 11.0. The molecule has 0 bridgehead atoms. The van der Waals surface area contributed by atoms with Crippen LogP contribution in [0.5, 0.6) is 0 Å². The van der Waals surface area contributed by atoms with E-state index in [0.717, 1.165) is 0 Å². The van der Waals surface area contributed by atoms with Gasteiger partial charge >= 0.3 is 5.97 Å². The van der Waals surface area contributed by atoms with E-state index < -0.39 is 28.5 Å². The first kappa shape index (κ1) is 20.2. The van der Waals surface area contributed by atoms with Crippen LogP contribution in [0.2, 0.25) is 10.0 Å². The standard InChI is InChI=1S/C16H14Cl2N2O5S/c17-13-6-1-10(7-14(13)18)8-16(22)25-9-15(21)20-11-2-4-12(5-3-11)26(19,23)24/h1-7H,8-9H2,(H,20,21)(H2,19,23,24). The number of carbonyl (C=O) groups excluding carboxylic acids is 2. The number of carbonyl (C=O) groups is 2. The summed E-state index contributed by atoms with van der Waals surface area (Å²) < 4.78 is 27.2. The molecule has 0 saturated carbocycles. The molecule has 2 rings (SSSR count). The van der Waals surface area contributed by atoms with E-state index in [1.165, 1.54) is 30.3 Å². The van der Waals surface area contributed by atoms with Crippen LogP contribution in [-0.2, 0) is 30.8 Å². The van der Waals surface area contributed by atoms with Crippen LogP contribution in [0.3, 0.4) is 0 Å². The van der Waals surface area contributed by atoms with Crippen molar-refractivity contribution in [2.75, 3.05) is 11.9 Å². The lowest BCUT2D eigenvalue weighted by molar-refractivity contribution is -0.146. The number of nitrogens with one attached hydrogen (secondary N) is 1. The molecule has 7 nitrogen and oxygen atoms in total. The summed E-state index contributed by atoms with van der Waals surface area (Å²) in [6.07, 6.45) is -0.0623. The summed E-state index contributed by atoms with van der Waals surface area (Å²) in [4.78, 5) is 23.5. The van der Waals surface area contributed by atoms with Crippen molar-refractivity contribution in [3.63, 3.8) is 0 Å². The van der Waals surface area contributed by atoms with Crippen molar-refractivity contribution in [1.29, 1.82) is 0 Å². The van der Waals surface area contributed by atoms with Crippen molar-refractivity contribution in [2.24, 2.45) is 5.14 Å². The molecular formula is C16H14Cl2N2O5S. The summed E-state index contributed by atoms with van der Waals surface area (Å²) in [5.74, 6) is -1.18. The summed E-state index contributed by atoms with van der Waals surface area (Å²) in [7, 11) is -3.80. The highest BCUT2D eigenvalue weighted by atomic mass is 35.5. The van der Waals surface area contributed by atoms with Gasteiger partial charge in [-0.25, -0.2) is 13.6 Å². The van der Waals surface area contributed by atoms with Crippen molar-refractivity contribution in [1.82, 2.24) is 0 Å². The number of ether oxygens (including phenoxy) is 1. The maximum Gasteiger partial charge on any atom is 0.310 e. The van der Waals surface area contributed by atoms with Crippen molar-refractivity contribution in [2.45, 2.75) is 11.3 Å². The number of nitrogens with two attached hydrogens (primary N) is 1. The van der Waals surface area contributed by atoms with Crippen molar-refractivity contribution >= 4 is 50.8 Å². The smallest absolute Gasteiger partial charge is 0.310 e. The zero-order chi connectivity index (χ0) is 19.3. The molecule has 0 aliphatic carbocycles. The molecule has 2 aromatic carbocycles. The molecule has 0 aliphatic rings. The summed E-state index contributed by atoms with van der Waals surface area (Å²) in [5.41, 5.74) is 0.936. The van der Waals surface area contributed by atoms with E-state index in [2.05, 4.69) is 5.32 Å². The van der Waals surface area contributed by atoms with E-state index in [1.54, 1.807) is 12.1 Å². The molecular weight excluding hydrogens is 403 g/mol. The van der Waals surface area contributed by atoms with Crippen LogP contribution in [0.1, 0.15) is 5.56 Å². The maximum atomic E-state index is 11.8. The molecule has 2 aromatic rings. The van der Waals surface area contributed by atoms with E-state index in [0.29, 0.717) is 21.3 Å². The number of anilines is 1. The van der Waals surface area contributed by atoms with Gasteiger partial charge in [-0.05, 0) is 42.0 Å². The van der Waals surface area contributed by atoms with Gasteiger partial charge in [0, 0.05) is 5.69 Å². The quantitative estimate of drug-likeness (QED) is 0.701. The van der Waals surface area contributed by atoms with Crippen molar-refractivity contribution in [3.05, 3.63) is 58.1 Å². The first-order valence-corrected chi connectivity index (χ1v) is 9.47. The molecule has 0 aromatic heterocycles. The lowest BCUT2D eigenvalue weighted by atomic mass is 10.1. The number of amides is 1. The van der Waals surface area contributed by atoms with Gasteiger partial charge in [-0.3, -0.25) is 9.59 Å². The predicted molar refractivity (Wildman–Crippen MR) is 97.6 cm³/mol. The Balaban J connectivity index is 1.84. The van der Waals surface area contributed by atoms with Gasteiger partial charge in [-0.2, -0.15) is 0 Å². The van der Waals surface area contributed by atoms with E-state index in [1.807, 2.05) is 0 Å². The maximum absolute atomic E-state index is 11.8. The zero-order valence-electron chi connectivity index (χ0n) is 13.2. The van der Waals surface area contributed by atoms with Gasteiger partial charge in [0.05, 0.1) is 21.4 Å². The molecule has 0 spiro atoms. The molecule has 0 heterocycles. The number of halogens is 2. The summed E-state index contributed by atoms with van der Waals surface area (Å²) >= 11 is 11.7. The monoisotopic (exact) mass is 416 g/mol. The number of esters is 1. The van der Waals surface area contributed by atoms with Crippen LogP contribution in [-0.4, -0.2) is 26.9 Å². The number of hydrogen-bond donors (Lipinski definition) is 2. The lowest BCUT2D eigenvalue weighted by Gasteiger charge is -2.08. The molecule has 0 atom stereocenters. The molecule has 1 amide bonds. The van der Waals surface area contributed by atoms with Crippen molar-refractivity contribution in [3.8, 4) is 0 Å². The Hall–Kier alpha value is -2.13. The summed E-state index contributed by atoms with van der Waals surface area (Å²) in [6.45, 7) is -0.489. The first-order chi connectivity index (χ1) is 12.1. The minimum atomic E-state index is -3.80. The number of sulfonamides is 1. The largest absolute Gasteiger partial charge is 0.455 e. The van der Waals surface area contributed by atoms with Crippen LogP contribution in [0.15, 0.2) is 47.4 Å². The van der Waals surface area contributed by atoms with Gasteiger partial charge in [-0.15, -0.1) is 0 Å². The Labute approximate surface area is 160 Å². The highest BCUT2D eigenvalue weighted by molar-refractivity contribution is 7.89. The number of benzene rings is 2. The van der Waals surface area contributed by atoms with Crippen molar-refractivity contribution < 1.29 is 22.7 Å². The second-order valence-electron chi connectivity index (χ2n) is 5.20. The highest BCUT2D eigenvalue weighted by Gasteiger charge is 2.11. The van der Waals surface area contributed by atoms with Crippen LogP contribution in [0.25, 0.3) is 0 Å². The third-order valence-corrected chi connectivity index (χ3v) is 4.83. The van der Waals surface area contributed by atoms with Gasteiger partial charge in [0.25, 0.3) is 5.91 Å². The van der Waals surface area contributed by atoms with E-state index >= 15 is 0 Å². The summed E-state index contributed by atoms with van der Waals surface area (Å²) in [6, 6.07) is 9.97. The fourth-order valence-corrected chi connectivity index (χ4v) is 2.77. The molecule has 26 heavy (non-hydrogen) atoms. The molecule has 10 heteroatoms. The summed E-state index contributed by atoms with van der Waals surface area (Å²) in [5, 5.41) is 8.14. The molecule has 3 N–H and O–H groups in total. The number of primary sulfonamides is 1. The van der Waals surface area contributed by atoms with E-state index in [-0.39, 0.29) is 11.3 Å². The van der Waals surface area contributed by atoms with E-state index in [9.17, 15) is 18.0 Å². The Morgan fingerprint density at radius 3 is 2.27 bits per heavy atom. The van der Waals surface area contributed by atoms with Gasteiger partial charge in [0.1, 0.15) is 0 Å². The van der Waals surface area contributed by atoms with E-state index in [4.69, 9.17) is 33.1 Å². The average Bonchev–Trinajstić information content (AvgIpc) is 2.56. The molecule has 138 valence electrons. The molecule has 0 aliphatic heterocycles. The Bertz CT molecular complexity index is 930. The second-order valence-corrected chi connectivity index (χ2v) is 7.58. The predicted octanol–water partition coefficient (Wildman–Crippen LogP) is 2.37. The van der Waals surface area contributed by atoms with Crippen LogP contribution in [0.4, 0.5) is 5.69 Å². The minimum absolute atomic E-state index is 0.0623. The Morgan fingerprint density at radius 1 is 1.04 bits per heavy atom. The fourth-order valence-electron chi connectivity index (χ4n) is 1.94. The molecule has 0 saturated heterocycles. The number of hydrogen-bond acceptors (Lipinski definition) is 5. The number of rotatable bonds is 6. The van der Waals surface area contributed by atoms with Gasteiger partial charge in [0.15, 0.2) is 6.61 Å². The van der Waals surface area contributed by atoms with Crippen LogP contribution >= 0.6 is 23.2 Å². The molecule has 0 fully saturated rings. The van der Waals surface area contributed by atoms with Gasteiger partial charge < -0.3 is 10.1 Å². The Kier molecular flexibility index (Phi) is 6.60. The topological polar surface area (TPSA) is 116 Å². The first-order valence-electron chi connectivity index (χ1n) is 7.17. The fraction of sp³-hybridized carbons (Fsp3) is 0.125. The van der Waals surface area contributed by atoms with Gasteiger partial charge in [-0.1, -0.05) is 29.3 Å². The minimum Gasteiger partial charge on any atom is -0.455 e. The Morgan fingerprint density at radius 2 is 1.69 bits per heavy atom.